The van der Waals surface area contributed by atoms with Gasteiger partial charge in [-0.3, -0.25) is 0 Å². The fourth-order valence-electron chi connectivity index (χ4n) is 1.12. The Morgan fingerprint density at radius 1 is 1.54 bits per heavy atom. The summed E-state index contributed by atoms with van der Waals surface area (Å²) in [5.41, 5.74) is 0.950. The quantitative estimate of drug-likeness (QED) is 0.721. The van der Waals surface area contributed by atoms with Crippen molar-refractivity contribution in [3.63, 3.8) is 0 Å². The molecule has 0 aliphatic heterocycles. The van der Waals surface area contributed by atoms with E-state index in [0.29, 0.717) is 6.61 Å². The summed E-state index contributed by atoms with van der Waals surface area (Å²) < 4.78 is 5.27. The molecule has 13 heavy (non-hydrogen) atoms. The molecule has 70 valence electrons. The number of hydrogen-bond acceptors (Lipinski definition) is 2. The molecule has 0 amide bonds. The third-order valence-corrected chi connectivity index (χ3v) is 1.61. The van der Waals surface area contributed by atoms with Crippen molar-refractivity contribution in [1.82, 2.24) is 0 Å². The van der Waals surface area contributed by atoms with Crippen molar-refractivity contribution in [3.8, 4) is 5.75 Å². The van der Waals surface area contributed by atoms with Gasteiger partial charge < -0.3 is 9.84 Å². The normalized spacial score (nSPS) is 11.4. The molecule has 0 heterocycles. The summed E-state index contributed by atoms with van der Waals surface area (Å²) >= 11 is 0. The molecule has 1 N–H and O–H groups in total. The molecule has 0 bridgehead atoms. The standard InChI is InChI=1S/C11H14O2/c1-3-13-9(2)7-10-5-4-6-11(12)8-10/h4-8,12H,3H2,1-2H3/b9-7+. The van der Waals surface area contributed by atoms with Crippen LogP contribution in [0.1, 0.15) is 19.4 Å². The van der Waals surface area contributed by atoms with Crippen molar-refractivity contribution >= 4 is 6.08 Å². The Morgan fingerprint density at radius 2 is 2.31 bits per heavy atom. The number of allylic oxidation sites excluding steroid dienone is 1. The van der Waals surface area contributed by atoms with Crippen LogP contribution in [0.15, 0.2) is 30.0 Å². The highest BCUT2D eigenvalue weighted by molar-refractivity contribution is 5.52. The van der Waals surface area contributed by atoms with Gasteiger partial charge in [-0.2, -0.15) is 0 Å². The van der Waals surface area contributed by atoms with Gasteiger partial charge in [0.25, 0.3) is 0 Å². The molecule has 0 saturated carbocycles. The summed E-state index contributed by atoms with van der Waals surface area (Å²) in [5, 5.41) is 9.19. The van der Waals surface area contributed by atoms with Crippen LogP contribution >= 0.6 is 0 Å². The summed E-state index contributed by atoms with van der Waals surface area (Å²) in [5.74, 6) is 1.13. The van der Waals surface area contributed by atoms with Crippen LogP contribution in [0.2, 0.25) is 0 Å². The Kier molecular flexibility index (Phi) is 3.38. The molecular weight excluding hydrogens is 164 g/mol. The van der Waals surface area contributed by atoms with Crippen molar-refractivity contribution in [2.24, 2.45) is 0 Å². The summed E-state index contributed by atoms with van der Waals surface area (Å²) in [6.07, 6.45) is 1.89. The maximum Gasteiger partial charge on any atom is 0.116 e. The number of rotatable bonds is 3. The molecule has 0 spiro atoms. The molecule has 0 aromatic heterocycles. The van der Waals surface area contributed by atoms with E-state index in [0.717, 1.165) is 11.3 Å². The van der Waals surface area contributed by atoms with Crippen molar-refractivity contribution in [2.45, 2.75) is 13.8 Å². The van der Waals surface area contributed by atoms with E-state index in [1.54, 1.807) is 18.2 Å². The summed E-state index contributed by atoms with van der Waals surface area (Å²) in [6.45, 7) is 4.51. The van der Waals surface area contributed by atoms with Gasteiger partial charge in [0, 0.05) is 0 Å². The first kappa shape index (κ1) is 9.65. The van der Waals surface area contributed by atoms with Gasteiger partial charge in [0.15, 0.2) is 0 Å². The molecule has 0 aliphatic carbocycles. The highest BCUT2D eigenvalue weighted by Crippen LogP contribution is 2.14. The van der Waals surface area contributed by atoms with Gasteiger partial charge in [-0.25, -0.2) is 0 Å². The van der Waals surface area contributed by atoms with Gasteiger partial charge in [0.05, 0.1) is 12.4 Å². The third kappa shape index (κ3) is 3.20. The molecule has 0 saturated heterocycles. The lowest BCUT2D eigenvalue weighted by Gasteiger charge is -2.02. The van der Waals surface area contributed by atoms with Crippen LogP contribution in [0, 0.1) is 0 Å². The van der Waals surface area contributed by atoms with E-state index in [4.69, 9.17) is 4.74 Å². The zero-order valence-electron chi connectivity index (χ0n) is 7.95. The summed E-state index contributed by atoms with van der Waals surface area (Å²) in [6, 6.07) is 7.07. The predicted octanol–water partition coefficient (Wildman–Crippen LogP) is 2.79. The van der Waals surface area contributed by atoms with E-state index in [1.165, 1.54) is 0 Å². The minimum Gasteiger partial charge on any atom is -0.508 e. The topological polar surface area (TPSA) is 29.5 Å². The average molecular weight is 178 g/mol. The molecule has 1 aromatic carbocycles. The molecule has 2 nitrogen and oxygen atoms in total. The Morgan fingerprint density at radius 3 is 2.92 bits per heavy atom. The molecule has 1 rings (SSSR count). The summed E-state index contributed by atoms with van der Waals surface area (Å²) in [4.78, 5) is 0. The molecule has 0 unspecified atom stereocenters. The first-order chi connectivity index (χ1) is 6.22. The zero-order valence-corrected chi connectivity index (χ0v) is 7.95. The maximum absolute atomic E-state index is 9.19. The molecule has 1 aromatic rings. The van der Waals surface area contributed by atoms with E-state index in [2.05, 4.69) is 0 Å². The monoisotopic (exact) mass is 178 g/mol. The second kappa shape index (κ2) is 4.55. The fourth-order valence-corrected chi connectivity index (χ4v) is 1.12. The molecule has 2 heteroatoms. The van der Waals surface area contributed by atoms with Crippen LogP contribution < -0.4 is 0 Å². The van der Waals surface area contributed by atoms with Crippen LogP contribution in [-0.4, -0.2) is 11.7 Å². The third-order valence-electron chi connectivity index (χ3n) is 1.61. The van der Waals surface area contributed by atoms with Crippen LogP contribution in [-0.2, 0) is 4.74 Å². The van der Waals surface area contributed by atoms with Gasteiger partial charge >= 0.3 is 0 Å². The Hall–Kier alpha value is -1.44. The highest BCUT2D eigenvalue weighted by atomic mass is 16.5. The lowest BCUT2D eigenvalue weighted by molar-refractivity contribution is 0.235. The summed E-state index contributed by atoms with van der Waals surface area (Å²) in [7, 11) is 0. The van der Waals surface area contributed by atoms with Crippen LogP contribution in [0.5, 0.6) is 5.75 Å². The predicted molar refractivity (Wildman–Crippen MR) is 53.4 cm³/mol. The van der Waals surface area contributed by atoms with E-state index in [1.807, 2.05) is 26.0 Å². The molecule has 0 radical (unpaired) electrons. The van der Waals surface area contributed by atoms with Crippen molar-refractivity contribution < 1.29 is 9.84 Å². The van der Waals surface area contributed by atoms with Gasteiger partial charge in [-0.15, -0.1) is 0 Å². The Bertz CT molecular complexity index is 303. The van der Waals surface area contributed by atoms with Gasteiger partial charge in [-0.1, -0.05) is 12.1 Å². The lowest BCUT2D eigenvalue weighted by atomic mass is 10.2. The average Bonchev–Trinajstić information content (AvgIpc) is 2.04. The van der Waals surface area contributed by atoms with Gasteiger partial charge in [0.1, 0.15) is 5.75 Å². The number of phenolic OH excluding ortho intramolecular Hbond substituents is 1. The van der Waals surface area contributed by atoms with E-state index in [-0.39, 0.29) is 5.75 Å². The number of aromatic hydroxyl groups is 1. The molecule has 0 aliphatic rings. The first-order valence-corrected chi connectivity index (χ1v) is 4.32. The van der Waals surface area contributed by atoms with Gasteiger partial charge in [-0.05, 0) is 37.6 Å². The molecule has 0 fully saturated rings. The highest BCUT2D eigenvalue weighted by Gasteiger charge is 1.92. The van der Waals surface area contributed by atoms with Crippen molar-refractivity contribution in [2.75, 3.05) is 6.61 Å². The molecule has 0 atom stereocenters. The fraction of sp³-hybridized carbons (Fsp3) is 0.273. The number of phenols is 1. The van der Waals surface area contributed by atoms with E-state index >= 15 is 0 Å². The van der Waals surface area contributed by atoms with Crippen molar-refractivity contribution in [3.05, 3.63) is 35.6 Å². The second-order valence-corrected chi connectivity index (χ2v) is 2.78. The van der Waals surface area contributed by atoms with Crippen LogP contribution in [0.3, 0.4) is 0 Å². The van der Waals surface area contributed by atoms with Crippen molar-refractivity contribution in [1.29, 1.82) is 0 Å². The lowest BCUT2D eigenvalue weighted by Crippen LogP contribution is -1.85. The number of benzene rings is 1. The Labute approximate surface area is 78.5 Å². The minimum absolute atomic E-state index is 0.276. The van der Waals surface area contributed by atoms with E-state index in [9.17, 15) is 5.11 Å². The first-order valence-electron chi connectivity index (χ1n) is 4.32. The minimum atomic E-state index is 0.276. The van der Waals surface area contributed by atoms with Gasteiger partial charge in [0.2, 0.25) is 0 Å². The Balaban J connectivity index is 2.78. The van der Waals surface area contributed by atoms with Crippen LogP contribution in [0.25, 0.3) is 6.08 Å². The largest absolute Gasteiger partial charge is 0.508 e. The smallest absolute Gasteiger partial charge is 0.116 e. The second-order valence-electron chi connectivity index (χ2n) is 2.78. The SMILES string of the molecule is CCO/C(C)=C/c1cccc(O)c1. The molecular formula is C11H14O2. The number of hydrogen-bond donors (Lipinski definition) is 1. The maximum atomic E-state index is 9.19. The zero-order chi connectivity index (χ0) is 9.68. The number of ether oxygens (including phenoxy) is 1. The van der Waals surface area contributed by atoms with E-state index < -0.39 is 0 Å². The van der Waals surface area contributed by atoms with Crippen LogP contribution in [0.4, 0.5) is 0 Å².